The van der Waals surface area contributed by atoms with E-state index in [-0.39, 0.29) is 12.5 Å². The minimum atomic E-state index is -0.611. The highest BCUT2D eigenvalue weighted by atomic mass is 16.5. The molecule has 1 aromatic carbocycles. The smallest absolute Gasteiger partial charge is 0.257 e. The number of benzene rings is 1. The van der Waals surface area contributed by atoms with Gasteiger partial charge < -0.3 is 15.2 Å². The van der Waals surface area contributed by atoms with Crippen molar-refractivity contribution in [1.29, 1.82) is 0 Å². The van der Waals surface area contributed by atoms with Crippen molar-refractivity contribution in [1.82, 2.24) is 5.32 Å². The molecular formula is C14H21NO3. The van der Waals surface area contributed by atoms with Crippen LogP contribution >= 0.6 is 0 Å². The largest absolute Gasteiger partial charge is 0.483 e. The summed E-state index contributed by atoms with van der Waals surface area (Å²) >= 11 is 0. The van der Waals surface area contributed by atoms with E-state index in [4.69, 9.17) is 4.74 Å². The quantitative estimate of drug-likeness (QED) is 0.811. The van der Waals surface area contributed by atoms with E-state index < -0.39 is 6.10 Å². The number of rotatable bonds is 6. The Morgan fingerprint density at radius 3 is 2.61 bits per heavy atom. The number of carbonyl (C=O) groups is 1. The van der Waals surface area contributed by atoms with E-state index in [9.17, 15) is 9.90 Å². The first-order valence-corrected chi connectivity index (χ1v) is 6.17. The molecule has 1 aromatic rings. The van der Waals surface area contributed by atoms with Crippen molar-refractivity contribution in [3.05, 3.63) is 29.8 Å². The van der Waals surface area contributed by atoms with Gasteiger partial charge in [-0.1, -0.05) is 32.0 Å². The van der Waals surface area contributed by atoms with Crippen molar-refractivity contribution in [2.45, 2.75) is 26.9 Å². The Balaban J connectivity index is 2.50. The third-order valence-corrected chi connectivity index (χ3v) is 2.44. The van der Waals surface area contributed by atoms with Gasteiger partial charge in [0.25, 0.3) is 5.91 Å². The summed E-state index contributed by atoms with van der Waals surface area (Å²) in [6, 6.07) is 7.17. The highest BCUT2D eigenvalue weighted by Gasteiger charge is 2.10. The van der Waals surface area contributed by atoms with E-state index >= 15 is 0 Å². The molecule has 18 heavy (non-hydrogen) atoms. The Hall–Kier alpha value is -1.55. The van der Waals surface area contributed by atoms with E-state index in [1.165, 1.54) is 0 Å². The highest BCUT2D eigenvalue weighted by Crippen LogP contribution is 2.24. The van der Waals surface area contributed by atoms with E-state index in [0.29, 0.717) is 23.8 Å². The zero-order valence-corrected chi connectivity index (χ0v) is 11.1. The minimum Gasteiger partial charge on any atom is -0.483 e. The summed E-state index contributed by atoms with van der Waals surface area (Å²) in [5, 5.41) is 12.3. The second kappa shape index (κ2) is 7.01. The van der Waals surface area contributed by atoms with Gasteiger partial charge in [-0.25, -0.2) is 0 Å². The first-order valence-electron chi connectivity index (χ1n) is 6.17. The van der Waals surface area contributed by atoms with Gasteiger partial charge in [0.15, 0.2) is 6.61 Å². The first kappa shape index (κ1) is 14.5. The lowest BCUT2D eigenvalue weighted by molar-refractivity contribution is -0.123. The molecule has 0 bridgehead atoms. The molecule has 0 radical (unpaired) electrons. The summed E-state index contributed by atoms with van der Waals surface area (Å²) in [5.74, 6) is 0.815. The number of para-hydroxylation sites is 1. The molecule has 0 heterocycles. The highest BCUT2D eigenvalue weighted by molar-refractivity contribution is 5.77. The molecule has 0 aliphatic rings. The first-order chi connectivity index (χ1) is 8.50. The number of hydrogen-bond donors (Lipinski definition) is 2. The molecule has 4 heteroatoms. The van der Waals surface area contributed by atoms with Gasteiger partial charge in [0, 0.05) is 12.1 Å². The molecule has 100 valence electrons. The Morgan fingerprint density at radius 1 is 1.33 bits per heavy atom. The molecular weight excluding hydrogens is 230 g/mol. The number of nitrogens with one attached hydrogen (secondary N) is 1. The molecule has 1 atom stereocenters. The summed E-state index contributed by atoms with van der Waals surface area (Å²) in [7, 11) is 0. The van der Waals surface area contributed by atoms with Crippen molar-refractivity contribution in [2.75, 3.05) is 13.2 Å². The van der Waals surface area contributed by atoms with Gasteiger partial charge in [0.1, 0.15) is 5.75 Å². The van der Waals surface area contributed by atoms with Gasteiger partial charge in [-0.2, -0.15) is 0 Å². The maximum absolute atomic E-state index is 11.5. The van der Waals surface area contributed by atoms with Crippen molar-refractivity contribution in [3.8, 4) is 5.75 Å². The van der Waals surface area contributed by atoms with Crippen molar-refractivity contribution >= 4 is 5.91 Å². The molecule has 0 aromatic heterocycles. The van der Waals surface area contributed by atoms with Gasteiger partial charge in [-0.15, -0.1) is 0 Å². The van der Waals surface area contributed by atoms with Crippen LogP contribution in [0.1, 0.15) is 32.4 Å². The van der Waals surface area contributed by atoms with E-state index in [1.54, 1.807) is 19.1 Å². The zero-order chi connectivity index (χ0) is 13.5. The van der Waals surface area contributed by atoms with E-state index in [2.05, 4.69) is 5.32 Å². The van der Waals surface area contributed by atoms with Crippen molar-refractivity contribution in [2.24, 2.45) is 5.92 Å². The lowest BCUT2D eigenvalue weighted by atomic mass is 10.1. The Labute approximate surface area is 108 Å². The molecule has 4 nitrogen and oxygen atoms in total. The molecule has 0 aliphatic heterocycles. The Bertz CT molecular complexity index is 388. The predicted molar refractivity (Wildman–Crippen MR) is 70.4 cm³/mol. The van der Waals surface area contributed by atoms with Gasteiger partial charge in [-0.05, 0) is 18.9 Å². The van der Waals surface area contributed by atoms with Crippen LogP contribution in [0.3, 0.4) is 0 Å². The van der Waals surface area contributed by atoms with Gasteiger partial charge >= 0.3 is 0 Å². The maximum Gasteiger partial charge on any atom is 0.257 e. The van der Waals surface area contributed by atoms with E-state index in [0.717, 1.165) is 0 Å². The number of hydrogen-bond acceptors (Lipinski definition) is 3. The summed E-state index contributed by atoms with van der Waals surface area (Å²) in [6.07, 6.45) is -0.611. The van der Waals surface area contributed by atoms with Gasteiger partial charge in [-0.3, -0.25) is 4.79 Å². The second-order valence-electron chi connectivity index (χ2n) is 4.70. The standard InChI is InChI=1S/C14H21NO3/c1-10(2)8-15-14(17)9-18-13-7-5-4-6-12(13)11(3)16/h4-7,10-11,16H,8-9H2,1-3H3,(H,15,17). The van der Waals surface area contributed by atoms with Crippen LogP contribution in [0.25, 0.3) is 0 Å². The molecule has 2 N–H and O–H groups in total. The average Bonchev–Trinajstić information content (AvgIpc) is 2.34. The lowest BCUT2D eigenvalue weighted by Gasteiger charge is -2.13. The molecule has 0 aliphatic carbocycles. The monoisotopic (exact) mass is 251 g/mol. The maximum atomic E-state index is 11.5. The van der Waals surface area contributed by atoms with Crippen LogP contribution in [-0.4, -0.2) is 24.2 Å². The van der Waals surface area contributed by atoms with Crippen LogP contribution in [0, 0.1) is 5.92 Å². The number of aliphatic hydroxyl groups is 1. The fourth-order valence-corrected chi connectivity index (χ4v) is 1.47. The van der Waals surface area contributed by atoms with Crippen LogP contribution in [0.5, 0.6) is 5.75 Å². The molecule has 0 saturated carbocycles. The third kappa shape index (κ3) is 4.75. The predicted octanol–water partition coefficient (Wildman–Crippen LogP) is 1.89. The molecule has 1 amide bonds. The summed E-state index contributed by atoms with van der Waals surface area (Å²) in [5.41, 5.74) is 0.689. The van der Waals surface area contributed by atoms with Gasteiger partial charge in [0.05, 0.1) is 6.10 Å². The SMILES string of the molecule is CC(C)CNC(=O)COc1ccccc1C(C)O. The third-order valence-electron chi connectivity index (χ3n) is 2.44. The topological polar surface area (TPSA) is 58.6 Å². The van der Waals surface area contributed by atoms with Gasteiger partial charge in [0.2, 0.25) is 0 Å². The Kier molecular flexibility index (Phi) is 5.65. The summed E-state index contributed by atoms with van der Waals surface area (Å²) in [6.45, 7) is 6.34. The number of amides is 1. The molecule has 0 spiro atoms. The normalized spacial score (nSPS) is 12.3. The van der Waals surface area contributed by atoms with Crippen molar-refractivity contribution < 1.29 is 14.6 Å². The minimum absolute atomic E-state index is 0.0313. The zero-order valence-electron chi connectivity index (χ0n) is 11.1. The summed E-state index contributed by atoms with van der Waals surface area (Å²) in [4.78, 5) is 11.5. The van der Waals surface area contributed by atoms with Crippen LogP contribution < -0.4 is 10.1 Å². The summed E-state index contributed by atoms with van der Waals surface area (Å²) < 4.78 is 5.42. The molecule has 1 unspecified atom stereocenters. The number of carbonyl (C=O) groups excluding carboxylic acids is 1. The van der Waals surface area contributed by atoms with Crippen LogP contribution in [0.2, 0.25) is 0 Å². The Morgan fingerprint density at radius 2 is 2.00 bits per heavy atom. The average molecular weight is 251 g/mol. The lowest BCUT2D eigenvalue weighted by Crippen LogP contribution is -2.31. The fourth-order valence-electron chi connectivity index (χ4n) is 1.47. The van der Waals surface area contributed by atoms with E-state index in [1.807, 2.05) is 26.0 Å². The van der Waals surface area contributed by atoms with Crippen molar-refractivity contribution in [3.63, 3.8) is 0 Å². The molecule has 0 saturated heterocycles. The second-order valence-corrected chi connectivity index (χ2v) is 4.70. The van der Waals surface area contributed by atoms with Crippen LogP contribution in [0.4, 0.5) is 0 Å². The van der Waals surface area contributed by atoms with Crippen LogP contribution in [-0.2, 0) is 4.79 Å². The van der Waals surface area contributed by atoms with Crippen LogP contribution in [0.15, 0.2) is 24.3 Å². The number of aliphatic hydroxyl groups excluding tert-OH is 1. The number of ether oxygens (including phenoxy) is 1. The molecule has 0 fully saturated rings. The fraction of sp³-hybridized carbons (Fsp3) is 0.500. The molecule has 1 rings (SSSR count).